The first-order valence-corrected chi connectivity index (χ1v) is 8.47. The van der Waals surface area contributed by atoms with Crippen molar-refractivity contribution in [2.24, 2.45) is 0 Å². The number of nitrogens with zero attached hydrogens (tertiary/aromatic N) is 1. The predicted octanol–water partition coefficient (Wildman–Crippen LogP) is 4.37. The van der Waals surface area contributed by atoms with Crippen LogP contribution in [0.2, 0.25) is 5.02 Å². The van der Waals surface area contributed by atoms with Crippen LogP contribution in [0.25, 0.3) is 0 Å². The molecule has 140 valence electrons. The molecule has 3 rings (SSSR count). The van der Waals surface area contributed by atoms with Crippen LogP contribution in [0.15, 0.2) is 42.5 Å². The summed E-state index contributed by atoms with van der Waals surface area (Å²) in [7, 11) is 0. The molecule has 0 spiro atoms. The number of nitrogens with one attached hydrogen (secondary N) is 1. The average Bonchev–Trinajstić information content (AvgIpc) is 2.59. The fourth-order valence-corrected chi connectivity index (χ4v) is 3.32. The highest BCUT2D eigenvalue weighted by Gasteiger charge is 2.31. The van der Waals surface area contributed by atoms with Crippen molar-refractivity contribution in [1.29, 1.82) is 0 Å². The number of piperazine rings is 1. The minimum Gasteiger partial charge on any atom is -0.406 e. The second kappa shape index (κ2) is 7.82. The Morgan fingerprint density at radius 2 is 1.69 bits per heavy atom. The van der Waals surface area contributed by atoms with Crippen molar-refractivity contribution in [3.8, 4) is 5.75 Å². The van der Waals surface area contributed by atoms with Crippen LogP contribution in [0.5, 0.6) is 5.75 Å². The van der Waals surface area contributed by atoms with Crippen LogP contribution in [0.3, 0.4) is 0 Å². The van der Waals surface area contributed by atoms with Gasteiger partial charge < -0.3 is 10.1 Å². The summed E-state index contributed by atoms with van der Waals surface area (Å²) >= 11 is 6.30. The first-order valence-electron chi connectivity index (χ1n) is 8.09. The smallest absolute Gasteiger partial charge is 0.406 e. The van der Waals surface area contributed by atoms with E-state index in [9.17, 15) is 17.6 Å². The first kappa shape index (κ1) is 18.9. The molecule has 0 unspecified atom stereocenters. The van der Waals surface area contributed by atoms with E-state index in [1.165, 1.54) is 30.3 Å². The Hall–Kier alpha value is -1.83. The number of benzene rings is 2. The van der Waals surface area contributed by atoms with E-state index in [0.717, 1.165) is 13.1 Å². The number of alkyl halides is 3. The molecule has 1 aliphatic heterocycles. The molecule has 1 fully saturated rings. The first-order chi connectivity index (χ1) is 12.3. The standard InChI is InChI=1S/C18H17ClF4N2O/c19-16-6-3-13(20)11-15(16)17(25-9-7-24-8-10-25)12-1-4-14(5-2-12)26-18(21,22)23/h1-6,11,17,24H,7-10H2/t17-/m0/s1. The zero-order chi connectivity index (χ0) is 18.7. The Morgan fingerprint density at radius 3 is 2.31 bits per heavy atom. The van der Waals surface area contributed by atoms with Crippen molar-refractivity contribution in [3.05, 3.63) is 64.4 Å². The zero-order valence-corrected chi connectivity index (χ0v) is 14.4. The molecule has 1 aliphatic rings. The largest absolute Gasteiger partial charge is 0.573 e. The molecule has 0 aromatic heterocycles. The molecule has 0 amide bonds. The van der Waals surface area contributed by atoms with Crippen LogP contribution in [0.1, 0.15) is 17.2 Å². The van der Waals surface area contributed by atoms with Gasteiger partial charge in [0.15, 0.2) is 0 Å². The van der Waals surface area contributed by atoms with E-state index in [-0.39, 0.29) is 11.8 Å². The summed E-state index contributed by atoms with van der Waals surface area (Å²) in [5.41, 5.74) is 1.30. The lowest BCUT2D eigenvalue weighted by Crippen LogP contribution is -2.45. The Balaban J connectivity index is 1.96. The summed E-state index contributed by atoms with van der Waals surface area (Å²) in [6, 6.07) is 9.39. The predicted molar refractivity (Wildman–Crippen MR) is 90.8 cm³/mol. The quantitative estimate of drug-likeness (QED) is 0.787. The third-order valence-electron chi connectivity index (χ3n) is 4.20. The molecule has 0 saturated carbocycles. The second-order valence-corrected chi connectivity index (χ2v) is 6.38. The lowest BCUT2D eigenvalue weighted by atomic mass is 9.96. The minimum atomic E-state index is -4.74. The van der Waals surface area contributed by atoms with E-state index >= 15 is 0 Å². The molecule has 3 nitrogen and oxygen atoms in total. The van der Waals surface area contributed by atoms with Gasteiger partial charge in [-0.1, -0.05) is 23.7 Å². The van der Waals surface area contributed by atoms with Gasteiger partial charge in [0.1, 0.15) is 11.6 Å². The van der Waals surface area contributed by atoms with Crippen molar-refractivity contribution in [2.45, 2.75) is 12.4 Å². The van der Waals surface area contributed by atoms with Gasteiger partial charge in [0.25, 0.3) is 0 Å². The number of halogens is 5. The van der Waals surface area contributed by atoms with Gasteiger partial charge in [0.2, 0.25) is 0 Å². The Morgan fingerprint density at radius 1 is 1.04 bits per heavy atom. The van der Waals surface area contributed by atoms with E-state index in [0.29, 0.717) is 29.2 Å². The highest BCUT2D eigenvalue weighted by atomic mass is 35.5. The summed E-state index contributed by atoms with van der Waals surface area (Å²) in [6.07, 6.45) is -4.74. The van der Waals surface area contributed by atoms with Crippen molar-refractivity contribution < 1.29 is 22.3 Å². The molecular weight excluding hydrogens is 372 g/mol. The van der Waals surface area contributed by atoms with Crippen LogP contribution in [-0.2, 0) is 0 Å². The number of rotatable bonds is 4. The Bertz CT molecular complexity index is 746. The maximum atomic E-state index is 13.8. The van der Waals surface area contributed by atoms with Crippen LogP contribution in [0.4, 0.5) is 17.6 Å². The van der Waals surface area contributed by atoms with Crippen LogP contribution >= 0.6 is 11.6 Å². The third kappa shape index (κ3) is 4.66. The number of ether oxygens (including phenoxy) is 1. The van der Waals surface area contributed by atoms with E-state index in [4.69, 9.17) is 11.6 Å². The van der Waals surface area contributed by atoms with Crippen LogP contribution in [0, 0.1) is 5.82 Å². The van der Waals surface area contributed by atoms with Crippen molar-refractivity contribution in [2.75, 3.05) is 26.2 Å². The molecule has 1 saturated heterocycles. The fraction of sp³-hybridized carbons (Fsp3) is 0.333. The van der Waals surface area contributed by atoms with Gasteiger partial charge in [-0.15, -0.1) is 13.2 Å². The van der Waals surface area contributed by atoms with Crippen LogP contribution < -0.4 is 10.1 Å². The summed E-state index contributed by atoms with van der Waals surface area (Å²) in [5, 5.41) is 3.65. The minimum absolute atomic E-state index is 0.300. The van der Waals surface area contributed by atoms with Crippen LogP contribution in [-0.4, -0.2) is 37.4 Å². The van der Waals surface area contributed by atoms with Gasteiger partial charge >= 0.3 is 6.36 Å². The molecule has 0 bridgehead atoms. The van der Waals surface area contributed by atoms with E-state index in [1.54, 1.807) is 12.1 Å². The summed E-state index contributed by atoms with van der Waals surface area (Å²) < 4.78 is 54.8. The lowest BCUT2D eigenvalue weighted by molar-refractivity contribution is -0.274. The summed E-state index contributed by atoms with van der Waals surface area (Å²) in [5.74, 6) is -0.716. The Kier molecular flexibility index (Phi) is 5.70. The van der Waals surface area contributed by atoms with Crippen molar-refractivity contribution in [3.63, 3.8) is 0 Å². The summed E-state index contributed by atoms with van der Waals surface area (Å²) in [4.78, 5) is 2.12. The third-order valence-corrected chi connectivity index (χ3v) is 4.54. The van der Waals surface area contributed by atoms with Crippen molar-refractivity contribution in [1.82, 2.24) is 10.2 Å². The topological polar surface area (TPSA) is 24.5 Å². The molecule has 2 aromatic rings. The Labute approximate surface area is 153 Å². The highest BCUT2D eigenvalue weighted by molar-refractivity contribution is 6.31. The molecule has 0 aliphatic carbocycles. The molecule has 26 heavy (non-hydrogen) atoms. The van der Waals surface area contributed by atoms with E-state index < -0.39 is 12.2 Å². The van der Waals surface area contributed by atoms with E-state index in [2.05, 4.69) is 15.0 Å². The molecular formula is C18H17ClF4N2O. The zero-order valence-electron chi connectivity index (χ0n) is 13.7. The second-order valence-electron chi connectivity index (χ2n) is 5.97. The van der Waals surface area contributed by atoms with Gasteiger partial charge in [-0.3, -0.25) is 4.90 Å². The van der Waals surface area contributed by atoms with Gasteiger partial charge in [-0.2, -0.15) is 0 Å². The van der Waals surface area contributed by atoms with Gasteiger partial charge in [-0.05, 0) is 41.5 Å². The van der Waals surface area contributed by atoms with Gasteiger partial charge in [0, 0.05) is 31.2 Å². The average molecular weight is 389 g/mol. The highest BCUT2D eigenvalue weighted by Crippen LogP contribution is 2.35. The SMILES string of the molecule is Fc1ccc(Cl)c([C@H](c2ccc(OC(F)(F)F)cc2)N2CCNCC2)c1. The number of hydrogen-bond acceptors (Lipinski definition) is 3. The van der Waals surface area contributed by atoms with Gasteiger partial charge in [0.05, 0.1) is 6.04 Å². The monoisotopic (exact) mass is 388 g/mol. The maximum absolute atomic E-state index is 13.8. The fourth-order valence-electron chi connectivity index (χ4n) is 3.10. The molecule has 8 heteroatoms. The molecule has 1 atom stereocenters. The maximum Gasteiger partial charge on any atom is 0.573 e. The van der Waals surface area contributed by atoms with Gasteiger partial charge in [-0.25, -0.2) is 4.39 Å². The molecule has 2 aromatic carbocycles. The molecule has 0 radical (unpaired) electrons. The summed E-state index contributed by atoms with van der Waals surface area (Å²) in [6.45, 7) is 2.94. The molecule has 1 N–H and O–H groups in total. The number of hydrogen-bond donors (Lipinski definition) is 1. The molecule has 1 heterocycles. The normalized spacial score (nSPS) is 17.1. The van der Waals surface area contributed by atoms with E-state index in [1.807, 2.05) is 0 Å². The van der Waals surface area contributed by atoms with Crippen molar-refractivity contribution >= 4 is 11.6 Å². The lowest BCUT2D eigenvalue weighted by Gasteiger charge is -2.36.